The first-order valence-corrected chi connectivity index (χ1v) is 3.13. The molecule has 0 aromatic heterocycles. The molecule has 1 heterocycles. The van der Waals surface area contributed by atoms with E-state index in [9.17, 15) is 0 Å². The second kappa shape index (κ2) is 1.43. The summed E-state index contributed by atoms with van der Waals surface area (Å²) in [5.41, 5.74) is 0. The molecule has 0 radical (unpaired) electrons. The Morgan fingerprint density at radius 1 is 2.00 bits per heavy atom. The SMILES string of the molecule is IC[C@H]1CO1. The zero-order chi connectivity index (χ0) is 3.70. The summed E-state index contributed by atoms with van der Waals surface area (Å²) in [5.74, 6) is 0. The van der Waals surface area contributed by atoms with Crippen LogP contribution in [0.1, 0.15) is 0 Å². The molecule has 0 saturated carbocycles. The number of alkyl halides is 1. The highest BCUT2D eigenvalue weighted by atomic mass is 127. The average Bonchev–Trinajstić information content (AvgIpc) is 2.12. The summed E-state index contributed by atoms with van der Waals surface area (Å²) >= 11 is 2.31. The van der Waals surface area contributed by atoms with Crippen LogP contribution in [0.2, 0.25) is 0 Å². The highest BCUT2D eigenvalue weighted by molar-refractivity contribution is 14.1. The molecule has 0 amide bonds. The molecule has 5 heavy (non-hydrogen) atoms. The molecule has 0 aromatic rings. The number of rotatable bonds is 1. The lowest BCUT2D eigenvalue weighted by Gasteiger charge is -1.67. The summed E-state index contributed by atoms with van der Waals surface area (Å²) in [6, 6.07) is 0. The third-order valence-corrected chi connectivity index (χ3v) is 1.56. The van der Waals surface area contributed by atoms with E-state index in [-0.39, 0.29) is 0 Å². The van der Waals surface area contributed by atoms with Gasteiger partial charge in [0.05, 0.1) is 12.7 Å². The maximum atomic E-state index is 4.85. The number of hydrogen-bond acceptors (Lipinski definition) is 1. The second-order valence-corrected chi connectivity index (χ2v) is 1.99. The van der Waals surface area contributed by atoms with Gasteiger partial charge in [0, 0.05) is 4.43 Å². The van der Waals surface area contributed by atoms with Gasteiger partial charge in [0.15, 0.2) is 0 Å². The first kappa shape index (κ1) is 3.87. The molecule has 0 spiro atoms. The van der Waals surface area contributed by atoms with E-state index in [1.54, 1.807) is 0 Å². The largest absolute Gasteiger partial charge is 0.372 e. The van der Waals surface area contributed by atoms with Gasteiger partial charge < -0.3 is 4.74 Å². The van der Waals surface area contributed by atoms with E-state index in [0.717, 1.165) is 11.0 Å². The Balaban J connectivity index is 2.00. The van der Waals surface area contributed by atoms with Gasteiger partial charge in [-0.3, -0.25) is 0 Å². The predicted molar refractivity (Wildman–Crippen MR) is 28.6 cm³/mol. The van der Waals surface area contributed by atoms with Gasteiger partial charge in [0.1, 0.15) is 0 Å². The van der Waals surface area contributed by atoms with Crippen LogP contribution in [0.25, 0.3) is 0 Å². The number of halogens is 1. The Bertz CT molecular complexity index is 33.9. The van der Waals surface area contributed by atoms with Crippen molar-refractivity contribution in [3.05, 3.63) is 0 Å². The fraction of sp³-hybridized carbons (Fsp3) is 1.00. The zero-order valence-corrected chi connectivity index (χ0v) is 4.94. The van der Waals surface area contributed by atoms with Gasteiger partial charge in [0.2, 0.25) is 0 Å². The summed E-state index contributed by atoms with van der Waals surface area (Å²) in [7, 11) is 0. The van der Waals surface area contributed by atoms with Crippen molar-refractivity contribution in [2.75, 3.05) is 11.0 Å². The van der Waals surface area contributed by atoms with E-state index in [1.807, 2.05) is 0 Å². The molecule has 0 N–H and O–H groups in total. The van der Waals surface area contributed by atoms with E-state index in [0.29, 0.717) is 6.10 Å². The molecule has 0 aliphatic carbocycles. The van der Waals surface area contributed by atoms with Crippen LogP contribution in [0.3, 0.4) is 0 Å². The molecule has 0 bridgehead atoms. The van der Waals surface area contributed by atoms with Crippen LogP contribution in [0.4, 0.5) is 0 Å². The van der Waals surface area contributed by atoms with E-state index >= 15 is 0 Å². The van der Waals surface area contributed by atoms with Crippen molar-refractivity contribution in [1.29, 1.82) is 0 Å². The van der Waals surface area contributed by atoms with E-state index in [4.69, 9.17) is 4.74 Å². The molecule has 1 nitrogen and oxygen atoms in total. The number of ether oxygens (including phenoxy) is 1. The van der Waals surface area contributed by atoms with Crippen molar-refractivity contribution in [2.45, 2.75) is 6.10 Å². The number of epoxide rings is 1. The van der Waals surface area contributed by atoms with Crippen molar-refractivity contribution < 1.29 is 4.74 Å². The van der Waals surface area contributed by atoms with Gasteiger partial charge in [0.25, 0.3) is 0 Å². The van der Waals surface area contributed by atoms with E-state index < -0.39 is 0 Å². The zero-order valence-electron chi connectivity index (χ0n) is 2.78. The molecule has 30 valence electrons. The second-order valence-electron chi connectivity index (χ2n) is 1.11. The number of hydrogen-bond donors (Lipinski definition) is 0. The predicted octanol–water partition coefficient (Wildman–Crippen LogP) is 0.820. The van der Waals surface area contributed by atoms with Crippen molar-refractivity contribution in [1.82, 2.24) is 0 Å². The van der Waals surface area contributed by atoms with Gasteiger partial charge in [-0.25, -0.2) is 0 Å². The van der Waals surface area contributed by atoms with E-state index in [1.165, 1.54) is 0 Å². The standard InChI is InChI=1S/C3H5IO/c4-1-3-2-5-3/h3H,1-2H2/t3-/m0/s1. The van der Waals surface area contributed by atoms with Crippen molar-refractivity contribution >= 4 is 22.6 Å². The van der Waals surface area contributed by atoms with Gasteiger partial charge >= 0.3 is 0 Å². The highest BCUT2D eigenvalue weighted by Crippen LogP contribution is 2.10. The maximum absolute atomic E-state index is 4.85. The van der Waals surface area contributed by atoms with Crippen LogP contribution in [0.15, 0.2) is 0 Å². The maximum Gasteiger partial charge on any atom is 0.0899 e. The molecule has 1 atom stereocenters. The molecule has 1 aliphatic heterocycles. The minimum Gasteiger partial charge on any atom is -0.372 e. The van der Waals surface area contributed by atoms with Crippen LogP contribution in [0.5, 0.6) is 0 Å². The summed E-state index contributed by atoms with van der Waals surface area (Å²) in [6.07, 6.45) is 0.621. The third-order valence-electron chi connectivity index (χ3n) is 0.574. The molecule has 1 fully saturated rings. The summed E-state index contributed by atoms with van der Waals surface area (Å²) in [6.45, 7) is 1.00. The van der Waals surface area contributed by atoms with Crippen LogP contribution >= 0.6 is 22.6 Å². The average molecular weight is 184 g/mol. The molecule has 2 heteroatoms. The van der Waals surface area contributed by atoms with Crippen molar-refractivity contribution in [2.24, 2.45) is 0 Å². The Morgan fingerprint density at radius 3 is 2.60 bits per heavy atom. The van der Waals surface area contributed by atoms with Gasteiger partial charge in [-0.05, 0) is 0 Å². The van der Waals surface area contributed by atoms with E-state index in [2.05, 4.69) is 22.6 Å². The lowest BCUT2D eigenvalue weighted by Crippen LogP contribution is -1.79. The van der Waals surface area contributed by atoms with Gasteiger partial charge in [-0.15, -0.1) is 0 Å². The van der Waals surface area contributed by atoms with Gasteiger partial charge in [-0.2, -0.15) is 0 Å². The van der Waals surface area contributed by atoms with Gasteiger partial charge in [-0.1, -0.05) is 22.6 Å². The highest BCUT2D eigenvalue weighted by Gasteiger charge is 2.19. The fourth-order valence-electron chi connectivity index (χ4n) is 0.157. The summed E-state index contributed by atoms with van der Waals surface area (Å²) in [4.78, 5) is 0. The third kappa shape index (κ3) is 1.05. The molecule has 1 saturated heterocycles. The Labute approximate surface area is 44.8 Å². The smallest absolute Gasteiger partial charge is 0.0899 e. The summed E-state index contributed by atoms with van der Waals surface area (Å²) < 4.78 is 6.01. The molecule has 0 unspecified atom stereocenters. The minimum absolute atomic E-state index is 0.621. The Hall–Kier alpha value is 0.690. The Morgan fingerprint density at radius 2 is 2.60 bits per heavy atom. The van der Waals surface area contributed by atoms with Crippen LogP contribution in [-0.2, 0) is 4.74 Å². The summed E-state index contributed by atoms with van der Waals surface area (Å²) in [5, 5.41) is 0. The molecule has 1 rings (SSSR count). The molecule has 1 aliphatic rings. The van der Waals surface area contributed by atoms with Crippen LogP contribution in [-0.4, -0.2) is 17.1 Å². The molecule has 0 aromatic carbocycles. The van der Waals surface area contributed by atoms with Crippen LogP contribution < -0.4 is 0 Å². The first-order chi connectivity index (χ1) is 2.43. The quantitative estimate of drug-likeness (QED) is 0.334. The normalized spacial score (nSPS) is 34.2. The lowest BCUT2D eigenvalue weighted by atomic mass is 10.6. The fourth-order valence-corrected chi connectivity index (χ4v) is 0.666. The monoisotopic (exact) mass is 184 g/mol. The van der Waals surface area contributed by atoms with Crippen LogP contribution in [0, 0.1) is 0 Å². The minimum atomic E-state index is 0.621. The first-order valence-electron chi connectivity index (χ1n) is 1.61. The lowest BCUT2D eigenvalue weighted by molar-refractivity contribution is 0.428. The molecular formula is C3H5IO. The topological polar surface area (TPSA) is 12.5 Å². The van der Waals surface area contributed by atoms with Crippen molar-refractivity contribution in [3.8, 4) is 0 Å². The Kier molecular flexibility index (Phi) is 1.10. The van der Waals surface area contributed by atoms with Crippen molar-refractivity contribution in [3.63, 3.8) is 0 Å². The molecular weight excluding hydrogens is 179 g/mol.